The number of carboxylic acids is 3. The lowest BCUT2D eigenvalue weighted by atomic mass is 9.88. The van der Waals surface area contributed by atoms with Crippen LogP contribution in [0, 0.1) is 6.92 Å². The maximum Gasteiger partial charge on any atom is 0.338 e. The molecule has 20 nitrogen and oxygen atoms in total. The molecule has 0 amide bonds. The first-order chi connectivity index (χ1) is 34.4. The highest BCUT2D eigenvalue weighted by molar-refractivity contribution is 6.09. The van der Waals surface area contributed by atoms with Gasteiger partial charge in [-0.05, 0) is 121 Å². The summed E-state index contributed by atoms with van der Waals surface area (Å²) >= 11 is 0. The van der Waals surface area contributed by atoms with E-state index in [0.29, 0.717) is 50.9 Å². The van der Waals surface area contributed by atoms with Gasteiger partial charge in [-0.2, -0.15) is 35.8 Å². The third-order valence-electron chi connectivity index (χ3n) is 11.1. The summed E-state index contributed by atoms with van der Waals surface area (Å²) in [6, 6.07) is 26.4. The lowest BCUT2D eigenvalue weighted by molar-refractivity contribution is 0.0686. The minimum atomic E-state index is -1.30. The number of ether oxygens (including phenoxy) is 2. The summed E-state index contributed by atoms with van der Waals surface area (Å²) < 4.78 is 10.8. The van der Waals surface area contributed by atoms with Crippen LogP contribution in [0.15, 0.2) is 161 Å². The van der Waals surface area contributed by atoms with Gasteiger partial charge in [0.1, 0.15) is 28.6 Å². The molecular formula is C52H44N10O10. The highest BCUT2D eigenvalue weighted by atomic mass is 16.5. The van der Waals surface area contributed by atoms with Crippen LogP contribution in [0.5, 0.6) is 11.5 Å². The van der Waals surface area contributed by atoms with E-state index in [1.54, 1.807) is 61.5 Å². The lowest BCUT2D eigenvalue weighted by Crippen LogP contribution is -2.24. The summed E-state index contributed by atoms with van der Waals surface area (Å²) in [5, 5.41) is 61.3. The summed E-state index contributed by atoms with van der Waals surface area (Å²) in [5.41, 5.74) is 18.8. The number of hydrogen-bond donors (Lipinski definition) is 5. The number of nitrogens with zero attached hydrogens (tertiary/aromatic N) is 8. The second kappa shape index (κ2) is 21.6. The van der Waals surface area contributed by atoms with Crippen molar-refractivity contribution >= 4 is 87.1 Å². The smallest absolute Gasteiger partial charge is 0.338 e. The zero-order valence-corrected chi connectivity index (χ0v) is 39.1. The first kappa shape index (κ1) is 50.0. The monoisotopic (exact) mass is 968 g/mol. The molecule has 0 heterocycles. The van der Waals surface area contributed by atoms with Crippen LogP contribution >= 0.6 is 0 Å². The predicted molar refractivity (Wildman–Crippen MR) is 267 cm³/mol. The van der Waals surface area contributed by atoms with Crippen molar-refractivity contribution in [1.29, 1.82) is 0 Å². The number of aryl methyl sites for hydroxylation is 1. The summed E-state index contributed by atoms with van der Waals surface area (Å²) in [6.45, 7) is 5.42. The fraction of sp³-hybridized carbons (Fsp3) is 0.135. The van der Waals surface area contributed by atoms with E-state index in [0.717, 1.165) is 22.3 Å². The number of benzene rings is 6. The number of carbonyl (C=O) groups is 5. The number of hydrogen-bond acceptors (Lipinski definition) is 17. The van der Waals surface area contributed by atoms with Gasteiger partial charge < -0.3 is 36.3 Å². The van der Waals surface area contributed by atoms with Gasteiger partial charge in [0.2, 0.25) is 0 Å². The number of fused-ring (bicyclic) bond motifs is 2. The van der Waals surface area contributed by atoms with Crippen molar-refractivity contribution in [2.24, 2.45) is 40.9 Å². The fourth-order valence-electron chi connectivity index (χ4n) is 7.40. The van der Waals surface area contributed by atoms with Crippen LogP contribution in [0.3, 0.4) is 0 Å². The Hall–Kier alpha value is -9.85. The predicted octanol–water partition coefficient (Wildman–Crippen LogP) is 12.3. The number of rotatable bonds is 13. The number of azo groups is 4. The van der Waals surface area contributed by atoms with Crippen molar-refractivity contribution in [1.82, 2.24) is 0 Å². The van der Waals surface area contributed by atoms with Gasteiger partial charge in [-0.3, -0.25) is 9.59 Å². The van der Waals surface area contributed by atoms with Crippen molar-refractivity contribution in [3.05, 3.63) is 165 Å². The molecule has 6 aromatic rings. The molecule has 0 fully saturated rings. The van der Waals surface area contributed by atoms with E-state index in [4.69, 9.17) is 31.2 Å². The molecule has 2 atom stereocenters. The highest BCUT2D eigenvalue weighted by Gasteiger charge is 2.30. The molecule has 0 saturated heterocycles. The van der Waals surface area contributed by atoms with E-state index < -0.39 is 30.0 Å². The number of ketones is 2. The zero-order valence-electron chi connectivity index (χ0n) is 39.1. The van der Waals surface area contributed by atoms with Crippen LogP contribution in [-0.2, 0) is 0 Å². The van der Waals surface area contributed by atoms with Gasteiger partial charge in [0.15, 0.2) is 23.7 Å². The van der Waals surface area contributed by atoms with Gasteiger partial charge in [-0.25, -0.2) is 14.4 Å². The molecule has 0 aliphatic heterocycles. The van der Waals surface area contributed by atoms with Gasteiger partial charge >= 0.3 is 17.9 Å². The maximum absolute atomic E-state index is 13.0. The molecule has 2 aliphatic rings. The summed E-state index contributed by atoms with van der Waals surface area (Å²) in [5.74, 6) is -3.37. The quantitative estimate of drug-likeness (QED) is 0.0533. The van der Waals surface area contributed by atoms with Gasteiger partial charge in [0.25, 0.3) is 0 Å². The minimum Gasteiger partial charge on any atom is -0.494 e. The molecule has 72 heavy (non-hydrogen) atoms. The van der Waals surface area contributed by atoms with E-state index in [2.05, 4.69) is 40.9 Å². The molecule has 0 spiro atoms. The first-order valence-corrected chi connectivity index (χ1v) is 21.6. The molecule has 0 bridgehead atoms. The Morgan fingerprint density at radius 3 is 1.39 bits per heavy atom. The number of aromatic carboxylic acids is 3. The minimum absolute atomic E-state index is 0.00941. The third-order valence-corrected chi connectivity index (χ3v) is 11.1. The van der Waals surface area contributed by atoms with Gasteiger partial charge in [0.05, 0.1) is 48.0 Å². The number of carbonyl (C=O) groups excluding carboxylic acids is 2. The van der Waals surface area contributed by atoms with Crippen LogP contribution in [0.4, 0.5) is 45.5 Å². The van der Waals surface area contributed by atoms with Gasteiger partial charge in [-0.15, -0.1) is 5.11 Å². The molecule has 0 radical (unpaired) electrons. The molecule has 2 unspecified atom stereocenters. The second-order valence-electron chi connectivity index (χ2n) is 16.2. The molecule has 0 aromatic heterocycles. The number of Topliss-reactive ketones (excluding diaryl/α,β-unsaturated/α-hetero) is 2. The van der Waals surface area contributed by atoms with Crippen molar-refractivity contribution in [2.75, 3.05) is 25.7 Å². The van der Waals surface area contributed by atoms with E-state index in [1.807, 2.05) is 32.1 Å². The summed E-state index contributed by atoms with van der Waals surface area (Å²) in [6.07, 6.45) is 3.73. The van der Waals surface area contributed by atoms with Crippen LogP contribution in [0.25, 0.3) is 12.2 Å². The number of nitrogens with two attached hydrogens (primary N) is 2. The molecule has 2 aliphatic carbocycles. The summed E-state index contributed by atoms with van der Waals surface area (Å²) in [4.78, 5) is 60.3. The lowest BCUT2D eigenvalue weighted by Gasteiger charge is -2.19. The van der Waals surface area contributed by atoms with Crippen LogP contribution in [0.1, 0.15) is 82.3 Å². The largest absolute Gasteiger partial charge is 0.494 e. The number of nitrogen functional groups attached to an aromatic ring is 2. The van der Waals surface area contributed by atoms with Crippen molar-refractivity contribution in [2.45, 2.75) is 32.9 Å². The van der Waals surface area contributed by atoms with Crippen LogP contribution < -0.4 is 20.9 Å². The number of methoxy groups -OCH3 is 2. The SMILES string of the molecule is COc1cc(N=Nc2cccc(C(=O)O)c2)c(C(=O)O)cc1N=NC1C(=O)c2cc(N)ccc2C=C1C.COc1cc(N=Nc2cccc(C(=O)O)c2)c(C)cc1N=NC1C(=O)c2cc(N)ccc2C=C1C. The molecule has 362 valence electrons. The van der Waals surface area contributed by atoms with Gasteiger partial charge in [0, 0.05) is 34.6 Å². The normalized spacial score (nSPS) is 15.2. The first-order valence-electron chi connectivity index (χ1n) is 21.6. The van der Waals surface area contributed by atoms with Gasteiger partial charge in [-0.1, -0.05) is 36.4 Å². The molecule has 7 N–H and O–H groups in total. The average Bonchev–Trinajstić information content (AvgIpc) is 3.36. The Bertz CT molecular complexity index is 3400. The molecule has 6 aromatic carbocycles. The standard InChI is InChI=1S/C26H21N5O6.C26H23N5O4/c1-13-8-14-6-7-16(27)10-18(14)24(32)23(13)31-30-21-11-19(26(35)36)20(12-22(21)37-2)29-28-17-5-3-4-15(9-17)25(33)34;1-14-10-22(30-31-24-15(2)9-16-7-8-18(27)12-20(16)25(24)32)23(35-3)13-21(14)29-28-19-6-4-5-17(11-19)26(33)34/h3-12,23H,27H2,1-2H3,(H,33,34)(H,35,36);4-13,24H,27H2,1-3H3,(H,33,34). The Balaban J connectivity index is 0.000000212. The fourth-order valence-corrected chi connectivity index (χ4v) is 7.40. The van der Waals surface area contributed by atoms with Crippen LogP contribution in [-0.4, -0.2) is 71.1 Å². The molecule has 8 rings (SSSR count). The Morgan fingerprint density at radius 1 is 0.500 bits per heavy atom. The van der Waals surface area contributed by atoms with Crippen molar-refractivity contribution in [3.63, 3.8) is 0 Å². The third kappa shape index (κ3) is 11.4. The maximum atomic E-state index is 13.0. The Morgan fingerprint density at radius 2 is 0.944 bits per heavy atom. The summed E-state index contributed by atoms with van der Waals surface area (Å²) in [7, 11) is 2.86. The van der Waals surface area contributed by atoms with E-state index in [-0.39, 0.29) is 51.1 Å². The van der Waals surface area contributed by atoms with Crippen molar-refractivity contribution < 1.29 is 48.8 Å². The van der Waals surface area contributed by atoms with Crippen molar-refractivity contribution in [3.8, 4) is 11.5 Å². The van der Waals surface area contributed by atoms with E-state index in [9.17, 15) is 29.1 Å². The van der Waals surface area contributed by atoms with E-state index in [1.165, 1.54) is 62.8 Å². The number of carboxylic acid groups (broad SMARTS) is 3. The Kier molecular flexibility index (Phi) is 15.0. The molecule has 0 saturated carbocycles. The van der Waals surface area contributed by atoms with Crippen LogP contribution in [0.2, 0.25) is 0 Å². The zero-order chi connectivity index (χ0) is 51.8. The Labute approximate surface area is 410 Å². The highest BCUT2D eigenvalue weighted by Crippen LogP contribution is 2.39. The molecule has 20 heteroatoms. The molecular weight excluding hydrogens is 925 g/mol. The average molecular weight is 969 g/mol. The second-order valence-corrected chi connectivity index (χ2v) is 16.2. The number of anilines is 2. The topological polar surface area (TPSA) is 315 Å². The van der Waals surface area contributed by atoms with E-state index >= 15 is 0 Å².